The summed E-state index contributed by atoms with van der Waals surface area (Å²) in [7, 11) is 0. The second-order valence-corrected chi connectivity index (χ2v) is 7.74. The molecular weight excluding hydrogens is 350 g/mol. The lowest BCUT2D eigenvalue weighted by molar-refractivity contribution is -0.125. The average Bonchev–Trinajstić information content (AvgIpc) is 2.70. The van der Waals surface area contributed by atoms with Crippen molar-refractivity contribution in [2.45, 2.75) is 52.4 Å². The molecule has 1 atom stereocenters. The number of para-hydroxylation sites is 1. The first-order valence-corrected chi connectivity index (χ1v) is 10.0. The predicted molar refractivity (Wildman–Crippen MR) is 113 cm³/mol. The van der Waals surface area contributed by atoms with Gasteiger partial charge in [0.05, 0.1) is 5.71 Å². The Hall–Kier alpha value is -2.69. The Bertz CT molecular complexity index is 838. The van der Waals surface area contributed by atoms with Crippen molar-refractivity contribution >= 4 is 23.2 Å². The molecule has 28 heavy (non-hydrogen) atoms. The lowest BCUT2D eigenvalue weighted by atomic mass is 9.85. The molecule has 2 amide bonds. The van der Waals surface area contributed by atoms with Crippen LogP contribution in [0.3, 0.4) is 0 Å². The monoisotopic (exact) mass is 379 g/mol. The number of nitrogens with zero attached hydrogens (tertiary/aromatic N) is 2. The molecule has 3 rings (SSSR count). The summed E-state index contributed by atoms with van der Waals surface area (Å²) in [5.41, 5.74) is 7.93. The highest BCUT2D eigenvalue weighted by Crippen LogP contribution is 2.28. The Balaban J connectivity index is 1.54. The van der Waals surface area contributed by atoms with Crippen molar-refractivity contribution in [2.75, 3.05) is 11.4 Å². The van der Waals surface area contributed by atoms with Crippen LogP contribution in [-0.2, 0) is 16.0 Å². The molecule has 0 aromatic heterocycles. The normalized spacial score (nSPS) is 20.4. The maximum Gasteiger partial charge on any atom is 0.240 e. The fourth-order valence-corrected chi connectivity index (χ4v) is 3.76. The Labute approximate surface area is 167 Å². The molecule has 1 unspecified atom stereocenters. The van der Waals surface area contributed by atoms with Gasteiger partial charge in [-0.1, -0.05) is 36.4 Å². The van der Waals surface area contributed by atoms with Crippen LogP contribution in [0.25, 0.3) is 0 Å². The minimum Gasteiger partial charge on any atom is -0.312 e. The molecule has 0 fully saturated rings. The van der Waals surface area contributed by atoms with E-state index in [9.17, 15) is 9.59 Å². The number of amides is 2. The van der Waals surface area contributed by atoms with Crippen LogP contribution >= 0.6 is 0 Å². The first-order valence-electron chi connectivity index (χ1n) is 10.0. The molecule has 0 bridgehead atoms. The van der Waals surface area contributed by atoms with Gasteiger partial charge in [0.15, 0.2) is 0 Å². The van der Waals surface area contributed by atoms with Crippen LogP contribution in [0.4, 0.5) is 5.69 Å². The SMILES string of the molecule is C=C(C)C1CC=C(C)/C(=N/NC(=O)CCC(=O)N2CCCc3ccccc32)C1. The van der Waals surface area contributed by atoms with E-state index < -0.39 is 0 Å². The van der Waals surface area contributed by atoms with Crippen molar-refractivity contribution in [2.24, 2.45) is 11.0 Å². The molecule has 1 N–H and O–H groups in total. The number of rotatable bonds is 5. The van der Waals surface area contributed by atoms with Gasteiger partial charge in [-0.25, -0.2) is 5.43 Å². The molecule has 1 aliphatic heterocycles. The van der Waals surface area contributed by atoms with Crippen LogP contribution in [0, 0.1) is 5.92 Å². The summed E-state index contributed by atoms with van der Waals surface area (Å²) >= 11 is 0. The first-order chi connectivity index (χ1) is 13.5. The Morgan fingerprint density at radius 3 is 2.86 bits per heavy atom. The number of allylic oxidation sites excluding steroid dienone is 3. The minimum atomic E-state index is -0.226. The van der Waals surface area contributed by atoms with Gasteiger partial charge in [0, 0.05) is 25.1 Å². The predicted octanol–water partition coefficient (Wildman–Crippen LogP) is 4.15. The lowest BCUT2D eigenvalue weighted by Crippen LogP contribution is -2.36. The van der Waals surface area contributed by atoms with E-state index in [-0.39, 0.29) is 24.7 Å². The van der Waals surface area contributed by atoms with Gasteiger partial charge in [-0.05, 0) is 62.7 Å². The summed E-state index contributed by atoms with van der Waals surface area (Å²) in [5.74, 6) is 0.141. The number of hydrogen-bond donors (Lipinski definition) is 1. The van der Waals surface area contributed by atoms with E-state index in [0.29, 0.717) is 12.5 Å². The molecule has 2 aliphatic rings. The topological polar surface area (TPSA) is 61.8 Å². The van der Waals surface area contributed by atoms with Gasteiger partial charge >= 0.3 is 0 Å². The van der Waals surface area contributed by atoms with E-state index in [1.165, 1.54) is 5.56 Å². The maximum absolute atomic E-state index is 12.6. The van der Waals surface area contributed by atoms with Crippen LogP contribution < -0.4 is 10.3 Å². The molecule has 0 saturated carbocycles. The second kappa shape index (κ2) is 9.00. The molecular formula is C23H29N3O2. The largest absolute Gasteiger partial charge is 0.312 e. The summed E-state index contributed by atoms with van der Waals surface area (Å²) in [5, 5.41) is 4.31. The van der Waals surface area contributed by atoms with Gasteiger partial charge in [-0.2, -0.15) is 5.10 Å². The average molecular weight is 380 g/mol. The highest BCUT2D eigenvalue weighted by atomic mass is 16.2. The van der Waals surface area contributed by atoms with Crippen LogP contribution in [0.5, 0.6) is 0 Å². The van der Waals surface area contributed by atoms with Crippen molar-refractivity contribution in [3.05, 3.63) is 53.6 Å². The number of hydrazone groups is 1. The van der Waals surface area contributed by atoms with Gasteiger partial charge in [0.1, 0.15) is 0 Å². The van der Waals surface area contributed by atoms with Crippen molar-refractivity contribution in [1.29, 1.82) is 0 Å². The van der Waals surface area contributed by atoms with Gasteiger partial charge in [0.25, 0.3) is 0 Å². The van der Waals surface area contributed by atoms with Gasteiger partial charge in [-0.15, -0.1) is 0 Å². The number of anilines is 1. The summed E-state index contributed by atoms with van der Waals surface area (Å²) < 4.78 is 0. The molecule has 5 nitrogen and oxygen atoms in total. The van der Waals surface area contributed by atoms with E-state index in [1.807, 2.05) is 36.9 Å². The number of fused-ring (bicyclic) bond motifs is 1. The highest BCUT2D eigenvalue weighted by molar-refractivity contribution is 6.01. The number of aryl methyl sites for hydroxylation is 1. The van der Waals surface area contributed by atoms with Crippen molar-refractivity contribution < 1.29 is 9.59 Å². The molecule has 1 aromatic rings. The molecule has 0 saturated heterocycles. The quantitative estimate of drug-likeness (QED) is 0.617. The molecule has 1 aromatic carbocycles. The third-order valence-electron chi connectivity index (χ3n) is 5.59. The zero-order chi connectivity index (χ0) is 20.1. The van der Waals surface area contributed by atoms with E-state index in [1.54, 1.807) is 0 Å². The molecule has 1 heterocycles. The smallest absolute Gasteiger partial charge is 0.240 e. The Morgan fingerprint density at radius 2 is 2.07 bits per heavy atom. The fourth-order valence-electron chi connectivity index (χ4n) is 3.76. The van der Waals surface area contributed by atoms with Crippen molar-refractivity contribution in [3.63, 3.8) is 0 Å². The summed E-state index contributed by atoms with van der Waals surface area (Å²) in [4.78, 5) is 26.7. The number of benzene rings is 1. The molecule has 0 radical (unpaired) electrons. The first kappa shape index (κ1) is 20.1. The van der Waals surface area contributed by atoms with E-state index in [0.717, 1.165) is 48.2 Å². The summed E-state index contributed by atoms with van der Waals surface area (Å²) in [6, 6.07) is 8.00. The number of hydrogen-bond acceptors (Lipinski definition) is 3. The second-order valence-electron chi connectivity index (χ2n) is 7.74. The molecule has 1 aliphatic carbocycles. The number of carbonyl (C=O) groups excluding carboxylic acids is 2. The summed E-state index contributed by atoms with van der Waals surface area (Å²) in [6.07, 6.45) is 6.19. The fraction of sp³-hybridized carbons (Fsp3) is 0.435. The van der Waals surface area contributed by atoms with E-state index in [2.05, 4.69) is 29.2 Å². The van der Waals surface area contributed by atoms with E-state index >= 15 is 0 Å². The van der Waals surface area contributed by atoms with Crippen LogP contribution in [0.1, 0.15) is 51.5 Å². The zero-order valence-electron chi connectivity index (χ0n) is 16.8. The van der Waals surface area contributed by atoms with Crippen molar-refractivity contribution in [3.8, 4) is 0 Å². The van der Waals surface area contributed by atoms with Gasteiger partial charge < -0.3 is 4.90 Å². The number of nitrogens with one attached hydrogen (secondary N) is 1. The zero-order valence-corrected chi connectivity index (χ0v) is 16.8. The number of carbonyl (C=O) groups is 2. The molecule has 0 spiro atoms. The molecule has 5 heteroatoms. The highest BCUT2D eigenvalue weighted by Gasteiger charge is 2.23. The van der Waals surface area contributed by atoms with E-state index in [4.69, 9.17) is 0 Å². The van der Waals surface area contributed by atoms with Crippen LogP contribution in [0.15, 0.2) is 53.2 Å². The van der Waals surface area contributed by atoms with Gasteiger partial charge in [-0.3, -0.25) is 9.59 Å². The lowest BCUT2D eigenvalue weighted by Gasteiger charge is -2.29. The standard InChI is InChI=1S/C23H29N3O2/c1-16(2)19-11-10-17(3)20(15-19)24-25-22(27)12-13-23(28)26-14-6-8-18-7-4-5-9-21(18)26/h4-5,7,9-10,19H,1,6,8,11-15H2,2-3H3,(H,25,27)/b24-20+. The van der Waals surface area contributed by atoms with Crippen LogP contribution in [-0.4, -0.2) is 24.1 Å². The van der Waals surface area contributed by atoms with Crippen molar-refractivity contribution in [1.82, 2.24) is 5.43 Å². The Kier molecular flexibility index (Phi) is 6.45. The third-order valence-corrected chi connectivity index (χ3v) is 5.59. The molecule has 148 valence electrons. The third kappa shape index (κ3) is 4.77. The minimum absolute atomic E-state index is 0.00829. The van der Waals surface area contributed by atoms with Crippen LogP contribution in [0.2, 0.25) is 0 Å². The maximum atomic E-state index is 12.6. The summed E-state index contributed by atoms with van der Waals surface area (Å²) in [6.45, 7) is 8.78. The Morgan fingerprint density at radius 1 is 1.29 bits per heavy atom. The van der Waals surface area contributed by atoms with Gasteiger partial charge in [0.2, 0.25) is 11.8 Å².